The molecule has 0 aliphatic heterocycles. The number of esters is 1. The van der Waals surface area contributed by atoms with E-state index in [9.17, 15) is 14.7 Å². The van der Waals surface area contributed by atoms with Crippen molar-refractivity contribution in [1.82, 2.24) is 0 Å². The van der Waals surface area contributed by atoms with Crippen LogP contribution in [0.5, 0.6) is 0 Å². The van der Waals surface area contributed by atoms with Crippen molar-refractivity contribution < 1.29 is 19.4 Å². The number of ether oxygens (including phenoxy) is 1. The topological polar surface area (TPSA) is 63.6 Å². The fourth-order valence-corrected chi connectivity index (χ4v) is 9.36. The highest BCUT2D eigenvalue weighted by atomic mass is 16.5. The van der Waals surface area contributed by atoms with Gasteiger partial charge in [-0.3, -0.25) is 9.59 Å². The first kappa shape index (κ1) is 26.2. The zero-order valence-electron chi connectivity index (χ0n) is 22.9. The summed E-state index contributed by atoms with van der Waals surface area (Å²) in [6.45, 7) is 15.5. The molecule has 34 heavy (non-hydrogen) atoms. The molecule has 0 amide bonds. The summed E-state index contributed by atoms with van der Waals surface area (Å²) in [7, 11) is 0. The second-order valence-corrected chi connectivity index (χ2v) is 13.7. The molecule has 10 atom stereocenters. The third kappa shape index (κ3) is 3.98. The van der Waals surface area contributed by atoms with Crippen LogP contribution in [0.2, 0.25) is 0 Å². The Labute approximate surface area is 208 Å². The predicted molar refractivity (Wildman–Crippen MR) is 135 cm³/mol. The molecule has 0 aromatic rings. The van der Waals surface area contributed by atoms with Gasteiger partial charge in [0.2, 0.25) is 0 Å². The first-order valence-electron chi connectivity index (χ1n) is 14.3. The Bertz CT molecular complexity index is 791. The maximum Gasteiger partial charge on any atom is 0.302 e. The number of fused-ring (bicyclic) bond motifs is 5. The zero-order chi connectivity index (χ0) is 25.1. The lowest BCUT2D eigenvalue weighted by molar-refractivity contribution is -0.230. The number of Topliss-reactive ketones (excluding diaryl/α,β-unsaturated/α-hetero) is 1. The number of carbonyl (C=O) groups excluding carboxylic acids is 2. The fourth-order valence-electron chi connectivity index (χ4n) is 9.36. The second-order valence-electron chi connectivity index (χ2n) is 13.7. The monoisotopic (exact) mass is 474 g/mol. The van der Waals surface area contributed by atoms with E-state index in [0.717, 1.165) is 50.4 Å². The lowest BCUT2D eigenvalue weighted by Crippen LogP contribution is -2.70. The molecular weight excluding hydrogens is 424 g/mol. The Morgan fingerprint density at radius 2 is 1.71 bits per heavy atom. The van der Waals surface area contributed by atoms with Crippen LogP contribution in [0.1, 0.15) is 113 Å². The number of carbonyl (C=O) groups is 2. The minimum absolute atomic E-state index is 0.0204. The summed E-state index contributed by atoms with van der Waals surface area (Å²) in [6.07, 6.45) is 9.61. The zero-order valence-corrected chi connectivity index (χ0v) is 22.9. The van der Waals surface area contributed by atoms with E-state index in [1.807, 2.05) is 0 Å². The van der Waals surface area contributed by atoms with E-state index in [1.54, 1.807) is 0 Å². The van der Waals surface area contributed by atoms with Gasteiger partial charge in [-0.1, -0.05) is 54.4 Å². The molecule has 194 valence electrons. The third-order valence-electron chi connectivity index (χ3n) is 11.8. The highest BCUT2D eigenvalue weighted by Crippen LogP contribution is 2.69. The molecule has 0 radical (unpaired) electrons. The van der Waals surface area contributed by atoms with E-state index < -0.39 is 11.0 Å². The molecule has 0 heterocycles. The van der Waals surface area contributed by atoms with Crippen LogP contribution in [-0.4, -0.2) is 28.6 Å². The lowest BCUT2D eigenvalue weighted by Gasteiger charge is -2.64. The van der Waals surface area contributed by atoms with Crippen LogP contribution in [0.15, 0.2) is 0 Å². The summed E-state index contributed by atoms with van der Waals surface area (Å²) >= 11 is 0. The summed E-state index contributed by atoms with van der Waals surface area (Å²) in [5, 5.41) is 12.3. The van der Waals surface area contributed by atoms with Crippen LogP contribution in [0.25, 0.3) is 0 Å². The number of hydrogen-bond donors (Lipinski definition) is 1. The normalized spacial score (nSPS) is 45.8. The summed E-state index contributed by atoms with van der Waals surface area (Å²) < 4.78 is 5.56. The predicted octanol–water partition coefficient (Wildman–Crippen LogP) is 6.58. The van der Waals surface area contributed by atoms with Gasteiger partial charge in [-0.15, -0.1) is 0 Å². The third-order valence-corrected chi connectivity index (χ3v) is 11.8. The Hall–Kier alpha value is -0.900. The Morgan fingerprint density at radius 1 is 1.03 bits per heavy atom. The van der Waals surface area contributed by atoms with Crippen molar-refractivity contribution in [2.75, 3.05) is 0 Å². The molecule has 1 N–H and O–H groups in total. The van der Waals surface area contributed by atoms with E-state index in [2.05, 4.69) is 41.5 Å². The van der Waals surface area contributed by atoms with Gasteiger partial charge in [0.05, 0.1) is 0 Å². The number of aliphatic hydroxyl groups is 1. The van der Waals surface area contributed by atoms with E-state index >= 15 is 0 Å². The molecule has 0 unspecified atom stereocenters. The summed E-state index contributed by atoms with van der Waals surface area (Å²) in [4.78, 5) is 25.5. The molecule has 4 rings (SSSR count). The molecule has 4 nitrogen and oxygen atoms in total. The fraction of sp³-hybridized carbons (Fsp3) is 0.933. The standard InChI is InChI=1S/C30H50O4/c1-18(2)19(3)8-9-20(4)24-12-13-25-26-11-10-22-16-23(34-21(5)31)14-15-29(22,7)30(26,33)27(32)17-28(24,25)6/h18-20,22-26,33H,8-17H2,1-7H3/t19-,20+,22-,23+,24+,25-,26+,28-,29+,30-/m0/s1. The first-order valence-corrected chi connectivity index (χ1v) is 14.3. The van der Waals surface area contributed by atoms with Gasteiger partial charge in [0.25, 0.3) is 0 Å². The second kappa shape index (κ2) is 9.20. The van der Waals surface area contributed by atoms with Crippen LogP contribution in [0.3, 0.4) is 0 Å². The summed E-state index contributed by atoms with van der Waals surface area (Å²) in [5.41, 5.74) is -1.60. The van der Waals surface area contributed by atoms with Crippen LogP contribution < -0.4 is 0 Å². The van der Waals surface area contributed by atoms with Crippen LogP contribution in [0, 0.1) is 52.3 Å². The van der Waals surface area contributed by atoms with Crippen molar-refractivity contribution in [2.24, 2.45) is 52.3 Å². The van der Waals surface area contributed by atoms with Crippen molar-refractivity contribution in [3.8, 4) is 0 Å². The molecule has 4 fully saturated rings. The number of rotatable bonds is 6. The van der Waals surface area contributed by atoms with E-state index in [0.29, 0.717) is 24.2 Å². The van der Waals surface area contributed by atoms with E-state index in [-0.39, 0.29) is 35.1 Å². The average Bonchev–Trinajstić information content (AvgIpc) is 3.09. The molecule has 0 aromatic heterocycles. The molecule has 0 aromatic carbocycles. The Balaban J connectivity index is 1.54. The molecule has 4 heteroatoms. The minimum atomic E-state index is -1.22. The number of hydrogen-bond acceptors (Lipinski definition) is 4. The molecule has 4 aliphatic carbocycles. The first-order chi connectivity index (χ1) is 15.8. The molecule has 4 saturated carbocycles. The maximum atomic E-state index is 14.0. The SMILES string of the molecule is CC(=O)O[C@@H]1CC[C@]2(C)[C@@H](CC[C@@H]3[C@@H]4CC[C@H]([C@H](C)CC[C@H](C)C(C)C)[C@]4(C)CC(=O)[C@@]32O)C1. The highest BCUT2D eigenvalue weighted by molar-refractivity contribution is 5.90. The molecule has 0 saturated heterocycles. The van der Waals surface area contributed by atoms with Gasteiger partial charge < -0.3 is 9.84 Å². The van der Waals surface area contributed by atoms with Crippen LogP contribution in [0.4, 0.5) is 0 Å². The van der Waals surface area contributed by atoms with E-state index in [4.69, 9.17) is 4.74 Å². The Kier molecular flexibility index (Phi) is 7.08. The molecule has 0 bridgehead atoms. The number of ketones is 1. The minimum Gasteiger partial charge on any atom is -0.463 e. The summed E-state index contributed by atoms with van der Waals surface area (Å²) in [6, 6.07) is 0. The van der Waals surface area contributed by atoms with Crippen molar-refractivity contribution in [2.45, 2.75) is 124 Å². The summed E-state index contributed by atoms with van der Waals surface area (Å²) in [5.74, 6) is 3.32. The maximum absolute atomic E-state index is 14.0. The largest absolute Gasteiger partial charge is 0.463 e. The van der Waals surface area contributed by atoms with Gasteiger partial charge in [0.1, 0.15) is 11.7 Å². The molecular formula is C30H50O4. The quantitative estimate of drug-likeness (QED) is 0.442. The van der Waals surface area contributed by atoms with E-state index in [1.165, 1.54) is 26.2 Å². The van der Waals surface area contributed by atoms with Gasteiger partial charge >= 0.3 is 5.97 Å². The highest BCUT2D eigenvalue weighted by Gasteiger charge is 2.70. The van der Waals surface area contributed by atoms with Gasteiger partial charge in [-0.05, 0) is 91.8 Å². The van der Waals surface area contributed by atoms with Crippen molar-refractivity contribution in [3.05, 3.63) is 0 Å². The Morgan fingerprint density at radius 3 is 2.35 bits per heavy atom. The smallest absolute Gasteiger partial charge is 0.302 e. The van der Waals surface area contributed by atoms with Crippen molar-refractivity contribution >= 4 is 11.8 Å². The van der Waals surface area contributed by atoms with Gasteiger partial charge in [0, 0.05) is 18.8 Å². The average molecular weight is 475 g/mol. The van der Waals surface area contributed by atoms with Gasteiger partial charge in [0.15, 0.2) is 5.78 Å². The van der Waals surface area contributed by atoms with Crippen molar-refractivity contribution in [1.29, 1.82) is 0 Å². The van der Waals surface area contributed by atoms with Gasteiger partial charge in [-0.25, -0.2) is 0 Å². The van der Waals surface area contributed by atoms with Crippen LogP contribution >= 0.6 is 0 Å². The molecule has 4 aliphatic rings. The van der Waals surface area contributed by atoms with Crippen molar-refractivity contribution in [3.63, 3.8) is 0 Å². The van der Waals surface area contributed by atoms with Gasteiger partial charge in [-0.2, -0.15) is 0 Å². The molecule has 0 spiro atoms. The van der Waals surface area contributed by atoms with Crippen LogP contribution in [-0.2, 0) is 14.3 Å². The lowest BCUT2D eigenvalue weighted by atomic mass is 9.41.